The van der Waals surface area contributed by atoms with Gasteiger partial charge in [0.2, 0.25) is 0 Å². The topological polar surface area (TPSA) is 55.7 Å². The molecule has 0 saturated heterocycles. The number of aliphatic imine (C=N–C) groups is 1. The Labute approximate surface area is 183 Å². The van der Waals surface area contributed by atoms with Crippen molar-refractivity contribution in [2.24, 2.45) is 10.9 Å². The first-order chi connectivity index (χ1) is 15.1. The van der Waals surface area contributed by atoms with Crippen molar-refractivity contribution in [1.29, 1.82) is 0 Å². The van der Waals surface area contributed by atoms with Crippen LogP contribution in [0.15, 0.2) is 64.8 Å². The molecule has 1 heterocycles. The summed E-state index contributed by atoms with van der Waals surface area (Å²) in [5.41, 5.74) is 5.85. The lowest BCUT2D eigenvalue weighted by atomic mass is 9.67. The number of ketones is 2. The SMILES string of the molecule is Cc1ccc(COc2ccccc2[C@@H]2C3=C(CCCC3=O)N=C3CCCC(=O)C32)cc1. The fourth-order valence-corrected chi connectivity index (χ4v) is 5.15. The second-order valence-corrected chi connectivity index (χ2v) is 8.83. The van der Waals surface area contributed by atoms with E-state index in [0.717, 1.165) is 59.5 Å². The van der Waals surface area contributed by atoms with E-state index in [0.29, 0.717) is 19.4 Å². The minimum atomic E-state index is -0.335. The Morgan fingerprint density at radius 2 is 1.68 bits per heavy atom. The molecule has 2 aromatic carbocycles. The van der Waals surface area contributed by atoms with Crippen LogP contribution in [0, 0.1) is 12.8 Å². The number of Topliss-reactive ketones (excluding diaryl/α,β-unsaturated/α-hetero) is 2. The molecular weight excluding hydrogens is 386 g/mol. The van der Waals surface area contributed by atoms with Gasteiger partial charge in [-0.25, -0.2) is 0 Å². The highest BCUT2D eigenvalue weighted by Gasteiger charge is 2.45. The third kappa shape index (κ3) is 3.76. The molecule has 2 aromatic rings. The Bertz CT molecular complexity index is 1090. The summed E-state index contributed by atoms with van der Waals surface area (Å²) >= 11 is 0. The molecule has 0 aromatic heterocycles. The summed E-state index contributed by atoms with van der Waals surface area (Å²) in [4.78, 5) is 30.9. The maximum absolute atomic E-state index is 13.1. The molecule has 1 fully saturated rings. The number of hydrogen-bond donors (Lipinski definition) is 0. The highest BCUT2D eigenvalue weighted by molar-refractivity contribution is 6.12. The second kappa shape index (κ2) is 8.26. The molecule has 0 spiro atoms. The fraction of sp³-hybridized carbons (Fsp3) is 0.370. The zero-order valence-electron chi connectivity index (χ0n) is 17.9. The van der Waals surface area contributed by atoms with Crippen molar-refractivity contribution < 1.29 is 14.3 Å². The number of hydrogen-bond acceptors (Lipinski definition) is 4. The van der Waals surface area contributed by atoms with E-state index >= 15 is 0 Å². The molecule has 1 unspecified atom stereocenters. The van der Waals surface area contributed by atoms with Gasteiger partial charge in [0, 0.05) is 41.3 Å². The van der Waals surface area contributed by atoms with Crippen molar-refractivity contribution in [3.8, 4) is 5.75 Å². The Balaban J connectivity index is 1.55. The van der Waals surface area contributed by atoms with E-state index in [-0.39, 0.29) is 23.4 Å². The molecule has 1 aliphatic heterocycles. The molecule has 0 radical (unpaired) electrons. The first-order valence-corrected chi connectivity index (χ1v) is 11.3. The zero-order valence-corrected chi connectivity index (χ0v) is 17.9. The standard InChI is InChI=1S/C27H27NO3/c1-17-12-14-18(15-13-17)16-31-24-11-3-2-6-19(24)25-26-20(7-4-9-22(26)29)28-21-8-5-10-23(30)27(21)25/h2-3,6,11-15,25-26H,4-5,7-10,16H2,1H3/t25-,26?/m0/s1. The lowest BCUT2D eigenvalue weighted by molar-refractivity contribution is -0.122. The van der Waals surface area contributed by atoms with Crippen LogP contribution in [0.2, 0.25) is 0 Å². The molecule has 0 N–H and O–H groups in total. The average molecular weight is 414 g/mol. The monoisotopic (exact) mass is 413 g/mol. The third-order valence-electron chi connectivity index (χ3n) is 6.68. The molecule has 0 amide bonds. The van der Waals surface area contributed by atoms with Gasteiger partial charge >= 0.3 is 0 Å². The van der Waals surface area contributed by atoms with Crippen LogP contribution in [0.5, 0.6) is 5.75 Å². The van der Waals surface area contributed by atoms with Gasteiger partial charge in [0.25, 0.3) is 0 Å². The van der Waals surface area contributed by atoms with Crippen molar-refractivity contribution in [1.82, 2.24) is 0 Å². The van der Waals surface area contributed by atoms with E-state index in [2.05, 4.69) is 31.2 Å². The van der Waals surface area contributed by atoms with Gasteiger partial charge in [-0.1, -0.05) is 48.0 Å². The van der Waals surface area contributed by atoms with E-state index in [1.807, 2.05) is 24.3 Å². The lowest BCUT2D eigenvalue weighted by Crippen LogP contribution is -2.39. The van der Waals surface area contributed by atoms with Gasteiger partial charge < -0.3 is 4.74 Å². The van der Waals surface area contributed by atoms with Gasteiger partial charge in [0.1, 0.15) is 18.1 Å². The maximum atomic E-state index is 13.1. The van der Waals surface area contributed by atoms with Crippen LogP contribution in [0.3, 0.4) is 0 Å². The van der Waals surface area contributed by atoms with E-state index < -0.39 is 0 Å². The summed E-state index contributed by atoms with van der Waals surface area (Å²) in [5, 5.41) is 0. The number of carbonyl (C=O) groups is 2. The second-order valence-electron chi connectivity index (χ2n) is 8.83. The number of fused-ring (bicyclic) bond motifs is 1. The number of benzene rings is 2. The van der Waals surface area contributed by atoms with E-state index in [9.17, 15) is 9.59 Å². The number of para-hydroxylation sites is 1. The predicted molar refractivity (Wildman–Crippen MR) is 120 cm³/mol. The van der Waals surface area contributed by atoms with Crippen molar-refractivity contribution in [2.45, 2.75) is 58.0 Å². The number of carbonyl (C=O) groups excluding carboxylic acids is 2. The Morgan fingerprint density at radius 3 is 2.52 bits per heavy atom. The van der Waals surface area contributed by atoms with Gasteiger partial charge in [-0.2, -0.15) is 0 Å². The number of rotatable bonds is 4. The average Bonchev–Trinajstić information content (AvgIpc) is 2.78. The van der Waals surface area contributed by atoms with Crippen molar-refractivity contribution >= 4 is 17.3 Å². The molecule has 158 valence electrons. The highest BCUT2D eigenvalue weighted by Crippen LogP contribution is 2.48. The van der Waals surface area contributed by atoms with Crippen LogP contribution in [-0.2, 0) is 16.2 Å². The number of aryl methyl sites for hydroxylation is 1. The van der Waals surface area contributed by atoms with Gasteiger partial charge in [-0.15, -0.1) is 0 Å². The zero-order chi connectivity index (χ0) is 21.4. The molecule has 31 heavy (non-hydrogen) atoms. The van der Waals surface area contributed by atoms with Gasteiger partial charge in [0.15, 0.2) is 5.78 Å². The van der Waals surface area contributed by atoms with Crippen LogP contribution in [0.25, 0.3) is 0 Å². The lowest BCUT2D eigenvalue weighted by Gasteiger charge is -2.38. The minimum absolute atomic E-state index is 0.140. The highest BCUT2D eigenvalue weighted by atomic mass is 16.5. The molecule has 0 bridgehead atoms. The predicted octanol–water partition coefficient (Wildman–Crippen LogP) is 5.49. The van der Waals surface area contributed by atoms with Crippen molar-refractivity contribution in [3.05, 3.63) is 76.5 Å². The number of nitrogens with zero attached hydrogens (tertiary/aromatic N) is 1. The summed E-state index contributed by atoms with van der Waals surface area (Å²) in [6, 6.07) is 16.2. The van der Waals surface area contributed by atoms with Crippen LogP contribution in [0.4, 0.5) is 0 Å². The molecule has 3 aliphatic rings. The van der Waals surface area contributed by atoms with Crippen LogP contribution >= 0.6 is 0 Å². The van der Waals surface area contributed by atoms with Crippen molar-refractivity contribution in [2.75, 3.05) is 0 Å². The van der Waals surface area contributed by atoms with Gasteiger partial charge in [-0.3, -0.25) is 14.6 Å². The first-order valence-electron chi connectivity index (χ1n) is 11.3. The van der Waals surface area contributed by atoms with Gasteiger partial charge in [0.05, 0.1) is 5.92 Å². The normalized spacial score (nSPS) is 23.2. The minimum Gasteiger partial charge on any atom is -0.489 e. The van der Waals surface area contributed by atoms with Crippen LogP contribution in [0.1, 0.15) is 61.1 Å². The summed E-state index contributed by atoms with van der Waals surface area (Å²) in [7, 11) is 0. The first kappa shape index (κ1) is 19.9. The Hall–Kier alpha value is -3.01. The summed E-state index contributed by atoms with van der Waals surface area (Å²) in [5.74, 6) is 0.475. The van der Waals surface area contributed by atoms with Gasteiger partial charge in [-0.05, 0) is 44.2 Å². The molecule has 1 saturated carbocycles. The largest absolute Gasteiger partial charge is 0.489 e. The molecule has 5 rings (SSSR count). The van der Waals surface area contributed by atoms with E-state index in [1.165, 1.54) is 5.56 Å². The third-order valence-corrected chi connectivity index (χ3v) is 6.68. The molecular formula is C27H27NO3. The van der Waals surface area contributed by atoms with E-state index in [1.54, 1.807) is 0 Å². The fourth-order valence-electron chi connectivity index (χ4n) is 5.15. The summed E-state index contributed by atoms with van der Waals surface area (Å²) in [6.07, 6.45) is 4.43. The molecule has 2 atom stereocenters. The number of allylic oxidation sites excluding steroid dienone is 2. The summed E-state index contributed by atoms with van der Waals surface area (Å²) < 4.78 is 6.26. The molecule has 4 nitrogen and oxygen atoms in total. The Morgan fingerprint density at radius 1 is 0.903 bits per heavy atom. The molecule has 4 heteroatoms. The van der Waals surface area contributed by atoms with Crippen LogP contribution in [-0.4, -0.2) is 17.3 Å². The van der Waals surface area contributed by atoms with Crippen LogP contribution < -0.4 is 4.74 Å². The Kier molecular flexibility index (Phi) is 5.31. The number of ether oxygens (including phenoxy) is 1. The van der Waals surface area contributed by atoms with E-state index in [4.69, 9.17) is 9.73 Å². The quantitative estimate of drug-likeness (QED) is 0.666. The smallest absolute Gasteiger partial charge is 0.161 e. The van der Waals surface area contributed by atoms with Crippen molar-refractivity contribution in [3.63, 3.8) is 0 Å². The maximum Gasteiger partial charge on any atom is 0.161 e. The molecule has 2 aliphatic carbocycles. The summed E-state index contributed by atoms with van der Waals surface area (Å²) in [6.45, 7) is 2.51.